The van der Waals surface area contributed by atoms with E-state index in [2.05, 4.69) is 5.32 Å². The monoisotopic (exact) mass is 238 g/mol. The summed E-state index contributed by atoms with van der Waals surface area (Å²) in [6.07, 6.45) is 0. The van der Waals surface area contributed by atoms with Crippen LogP contribution in [0.2, 0.25) is 0 Å². The lowest BCUT2D eigenvalue weighted by Gasteiger charge is -2.19. The molecular formula is C12H18N2O3. The summed E-state index contributed by atoms with van der Waals surface area (Å²) < 4.78 is 0. The highest BCUT2D eigenvalue weighted by Crippen LogP contribution is 2.22. The molecule has 0 bridgehead atoms. The lowest BCUT2D eigenvalue weighted by atomic mass is 10.2. The number of carbonyl (C=O) groups is 1. The Bertz CT molecular complexity index is 405. The Labute approximate surface area is 101 Å². The zero-order valence-electron chi connectivity index (χ0n) is 10.3. The molecule has 0 saturated heterocycles. The van der Waals surface area contributed by atoms with Crippen LogP contribution in [0.4, 0.5) is 0 Å². The number of nitrogens with one attached hydrogen (secondary N) is 1. The Morgan fingerprint density at radius 3 is 2.59 bits per heavy atom. The van der Waals surface area contributed by atoms with Crippen LogP contribution in [-0.4, -0.2) is 41.2 Å². The number of phenolic OH excluding ortho intramolecular Hbond substituents is 2. The molecule has 0 aromatic heterocycles. The normalized spacial score (nSPS) is 12.5. The molecule has 1 atom stereocenters. The van der Waals surface area contributed by atoms with Crippen molar-refractivity contribution in [3.63, 3.8) is 0 Å². The summed E-state index contributed by atoms with van der Waals surface area (Å²) in [5.41, 5.74) is 0.571. The van der Waals surface area contributed by atoms with Crippen LogP contribution in [-0.2, 0) is 11.3 Å². The number of carbonyl (C=O) groups excluding carboxylic acids is 1. The fourth-order valence-corrected chi connectivity index (χ4v) is 1.27. The Morgan fingerprint density at radius 2 is 2.06 bits per heavy atom. The van der Waals surface area contributed by atoms with Gasteiger partial charge in [0.2, 0.25) is 5.91 Å². The van der Waals surface area contributed by atoms with Crippen LogP contribution in [0.3, 0.4) is 0 Å². The van der Waals surface area contributed by atoms with Gasteiger partial charge in [-0.1, -0.05) is 0 Å². The SMILES string of the molecule is C[C@@H](C(=O)NCc1ccc(O)cc1O)N(C)C. The van der Waals surface area contributed by atoms with E-state index in [-0.39, 0.29) is 30.0 Å². The second kappa shape index (κ2) is 5.54. The molecule has 0 saturated carbocycles. The minimum absolute atomic E-state index is 0.000707. The van der Waals surface area contributed by atoms with Gasteiger partial charge in [-0.3, -0.25) is 9.69 Å². The van der Waals surface area contributed by atoms with Crippen LogP contribution in [0, 0.1) is 0 Å². The van der Waals surface area contributed by atoms with Crippen molar-refractivity contribution in [2.45, 2.75) is 19.5 Å². The summed E-state index contributed by atoms with van der Waals surface area (Å²) >= 11 is 0. The predicted octanol–water partition coefficient (Wildman–Crippen LogP) is 0.664. The van der Waals surface area contributed by atoms with E-state index in [0.29, 0.717) is 5.56 Å². The first-order valence-electron chi connectivity index (χ1n) is 5.37. The van der Waals surface area contributed by atoms with Gasteiger partial charge in [-0.15, -0.1) is 0 Å². The van der Waals surface area contributed by atoms with Gasteiger partial charge in [-0.2, -0.15) is 0 Å². The molecule has 1 amide bonds. The summed E-state index contributed by atoms with van der Waals surface area (Å²) in [5, 5.41) is 21.4. The number of phenols is 2. The topological polar surface area (TPSA) is 72.8 Å². The molecule has 1 rings (SSSR count). The summed E-state index contributed by atoms with van der Waals surface area (Å²) in [6.45, 7) is 2.04. The molecule has 0 aliphatic carbocycles. The predicted molar refractivity (Wildman–Crippen MR) is 64.8 cm³/mol. The van der Waals surface area contributed by atoms with E-state index < -0.39 is 0 Å². The largest absolute Gasteiger partial charge is 0.508 e. The minimum atomic E-state index is -0.228. The van der Waals surface area contributed by atoms with Crippen molar-refractivity contribution >= 4 is 5.91 Å². The number of nitrogens with zero attached hydrogens (tertiary/aromatic N) is 1. The van der Waals surface area contributed by atoms with Gasteiger partial charge in [-0.25, -0.2) is 0 Å². The van der Waals surface area contributed by atoms with E-state index in [1.54, 1.807) is 17.9 Å². The second-order valence-corrected chi connectivity index (χ2v) is 4.17. The van der Waals surface area contributed by atoms with E-state index in [1.165, 1.54) is 12.1 Å². The molecule has 5 nitrogen and oxygen atoms in total. The number of benzene rings is 1. The van der Waals surface area contributed by atoms with Gasteiger partial charge in [0.15, 0.2) is 0 Å². The first-order valence-corrected chi connectivity index (χ1v) is 5.37. The van der Waals surface area contributed by atoms with Crippen molar-refractivity contribution in [1.29, 1.82) is 0 Å². The Balaban J connectivity index is 2.59. The van der Waals surface area contributed by atoms with E-state index in [4.69, 9.17) is 5.11 Å². The van der Waals surface area contributed by atoms with Crippen LogP contribution in [0.1, 0.15) is 12.5 Å². The number of hydrogen-bond acceptors (Lipinski definition) is 4. The first-order chi connectivity index (χ1) is 7.91. The third-order valence-corrected chi connectivity index (χ3v) is 2.68. The molecule has 1 aromatic rings. The molecule has 0 unspecified atom stereocenters. The molecule has 0 radical (unpaired) electrons. The molecule has 5 heteroatoms. The summed E-state index contributed by atoms with van der Waals surface area (Å²) in [5.74, 6) is -0.135. The van der Waals surface area contributed by atoms with Crippen molar-refractivity contribution in [2.75, 3.05) is 14.1 Å². The fourth-order valence-electron chi connectivity index (χ4n) is 1.27. The molecule has 0 fully saturated rings. The minimum Gasteiger partial charge on any atom is -0.508 e. The highest BCUT2D eigenvalue weighted by Gasteiger charge is 2.14. The third kappa shape index (κ3) is 3.64. The van der Waals surface area contributed by atoms with Crippen molar-refractivity contribution in [3.8, 4) is 11.5 Å². The van der Waals surface area contributed by atoms with Gasteiger partial charge in [0.25, 0.3) is 0 Å². The van der Waals surface area contributed by atoms with E-state index in [1.807, 2.05) is 14.1 Å². The van der Waals surface area contributed by atoms with Crippen LogP contribution in [0.25, 0.3) is 0 Å². The molecular weight excluding hydrogens is 220 g/mol. The van der Waals surface area contributed by atoms with Gasteiger partial charge >= 0.3 is 0 Å². The molecule has 94 valence electrons. The van der Waals surface area contributed by atoms with Crippen LogP contribution >= 0.6 is 0 Å². The quantitative estimate of drug-likeness (QED) is 0.720. The van der Waals surface area contributed by atoms with Crippen LogP contribution < -0.4 is 5.32 Å². The lowest BCUT2D eigenvalue weighted by molar-refractivity contribution is -0.125. The average Bonchev–Trinajstić information content (AvgIpc) is 2.26. The zero-order valence-corrected chi connectivity index (χ0v) is 10.3. The zero-order chi connectivity index (χ0) is 13.0. The second-order valence-electron chi connectivity index (χ2n) is 4.17. The van der Waals surface area contributed by atoms with Crippen molar-refractivity contribution in [1.82, 2.24) is 10.2 Å². The van der Waals surface area contributed by atoms with Crippen molar-refractivity contribution in [2.24, 2.45) is 0 Å². The standard InChI is InChI=1S/C12H18N2O3/c1-8(14(2)3)12(17)13-7-9-4-5-10(15)6-11(9)16/h4-6,8,15-16H,7H2,1-3H3,(H,13,17)/t8-/m0/s1. The maximum absolute atomic E-state index is 11.7. The smallest absolute Gasteiger partial charge is 0.237 e. The van der Waals surface area contributed by atoms with Gasteiger partial charge in [0.05, 0.1) is 6.04 Å². The fraction of sp³-hybridized carbons (Fsp3) is 0.417. The van der Waals surface area contributed by atoms with Gasteiger partial charge in [0.1, 0.15) is 11.5 Å². The summed E-state index contributed by atoms with van der Waals surface area (Å²) in [6, 6.07) is 4.06. The third-order valence-electron chi connectivity index (χ3n) is 2.68. The average molecular weight is 238 g/mol. The van der Waals surface area contributed by atoms with Crippen molar-refractivity contribution in [3.05, 3.63) is 23.8 Å². The molecule has 3 N–H and O–H groups in total. The van der Waals surface area contributed by atoms with Crippen molar-refractivity contribution < 1.29 is 15.0 Å². The van der Waals surface area contributed by atoms with E-state index >= 15 is 0 Å². The summed E-state index contributed by atoms with van der Waals surface area (Å²) in [7, 11) is 3.64. The van der Waals surface area contributed by atoms with E-state index in [0.717, 1.165) is 0 Å². The molecule has 0 aliphatic heterocycles. The highest BCUT2D eigenvalue weighted by atomic mass is 16.3. The van der Waals surface area contributed by atoms with Crippen LogP contribution in [0.5, 0.6) is 11.5 Å². The van der Waals surface area contributed by atoms with Gasteiger partial charge in [-0.05, 0) is 33.2 Å². The number of amides is 1. The maximum atomic E-state index is 11.7. The van der Waals surface area contributed by atoms with Gasteiger partial charge in [0, 0.05) is 18.2 Å². The molecule has 1 aromatic carbocycles. The maximum Gasteiger partial charge on any atom is 0.237 e. The highest BCUT2D eigenvalue weighted by molar-refractivity contribution is 5.81. The number of hydrogen-bond donors (Lipinski definition) is 3. The summed E-state index contributed by atoms with van der Waals surface area (Å²) in [4.78, 5) is 13.4. The molecule has 0 aliphatic rings. The number of rotatable bonds is 4. The Hall–Kier alpha value is -1.75. The first kappa shape index (κ1) is 13.3. The van der Waals surface area contributed by atoms with Crippen LogP contribution in [0.15, 0.2) is 18.2 Å². The Kier molecular flexibility index (Phi) is 4.34. The lowest BCUT2D eigenvalue weighted by Crippen LogP contribution is -2.41. The van der Waals surface area contributed by atoms with E-state index in [9.17, 15) is 9.90 Å². The van der Waals surface area contributed by atoms with Gasteiger partial charge < -0.3 is 15.5 Å². The Morgan fingerprint density at radius 1 is 1.41 bits per heavy atom. The number of likely N-dealkylation sites (N-methyl/N-ethyl adjacent to an activating group) is 1. The molecule has 0 heterocycles. The molecule has 0 spiro atoms. The number of aromatic hydroxyl groups is 2. The molecule has 17 heavy (non-hydrogen) atoms.